The second-order valence-corrected chi connectivity index (χ2v) is 4.75. The number of hydrogen-bond acceptors (Lipinski definition) is 2. The van der Waals surface area contributed by atoms with Crippen LogP contribution in [0.1, 0.15) is 46.0 Å². The Morgan fingerprint density at radius 3 is 2.50 bits per heavy atom. The topological polar surface area (TPSA) is 18.5 Å². The van der Waals surface area contributed by atoms with E-state index >= 15 is 0 Å². The lowest BCUT2D eigenvalue weighted by Gasteiger charge is -2.17. The number of ether oxygens (including phenoxy) is 2. The number of hydrogen-bond donors (Lipinski definition) is 0. The zero-order valence-corrected chi connectivity index (χ0v) is 9.21. The van der Waals surface area contributed by atoms with Gasteiger partial charge in [-0.1, -0.05) is 18.1 Å². The van der Waals surface area contributed by atoms with Gasteiger partial charge in [0.05, 0.1) is 6.61 Å². The van der Waals surface area contributed by atoms with Gasteiger partial charge in [0.25, 0.3) is 0 Å². The Hall–Kier alpha value is -0.340. The lowest BCUT2D eigenvalue weighted by molar-refractivity contribution is -0.133. The van der Waals surface area contributed by atoms with E-state index in [-0.39, 0.29) is 11.9 Å². The molecule has 1 saturated heterocycles. The van der Waals surface area contributed by atoms with Crippen molar-refractivity contribution in [2.45, 2.75) is 57.8 Å². The summed E-state index contributed by atoms with van der Waals surface area (Å²) in [6, 6.07) is 0. The molecule has 1 atom stereocenters. The minimum atomic E-state index is -0.379. The third kappa shape index (κ3) is 2.58. The smallest absolute Gasteiger partial charge is 0.163 e. The molecule has 1 heterocycles. The molecular formula is C12H20O2. The van der Waals surface area contributed by atoms with Crippen LogP contribution in [0.4, 0.5) is 0 Å². The van der Waals surface area contributed by atoms with E-state index in [9.17, 15) is 0 Å². The summed E-state index contributed by atoms with van der Waals surface area (Å²) >= 11 is 0. The summed E-state index contributed by atoms with van der Waals surface area (Å²) in [5.74, 6) is -0.379. The predicted molar refractivity (Wildman–Crippen MR) is 56.1 cm³/mol. The lowest BCUT2D eigenvalue weighted by atomic mass is 9.94. The predicted octanol–water partition coefficient (Wildman–Crippen LogP) is 3.03. The molecule has 0 unspecified atom stereocenters. The van der Waals surface area contributed by atoms with Crippen LogP contribution >= 0.6 is 0 Å². The van der Waals surface area contributed by atoms with Crippen LogP contribution in [0.2, 0.25) is 0 Å². The highest BCUT2D eigenvalue weighted by Crippen LogP contribution is 2.28. The van der Waals surface area contributed by atoms with Crippen LogP contribution in [0.25, 0.3) is 0 Å². The molecule has 2 fully saturated rings. The highest BCUT2D eigenvalue weighted by Gasteiger charge is 2.31. The molecule has 2 rings (SSSR count). The molecule has 0 aromatic heterocycles. The molecule has 2 heteroatoms. The third-order valence-corrected chi connectivity index (χ3v) is 2.95. The zero-order chi connectivity index (χ0) is 10.0. The zero-order valence-electron chi connectivity index (χ0n) is 9.21. The van der Waals surface area contributed by atoms with Gasteiger partial charge >= 0.3 is 0 Å². The van der Waals surface area contributed by atoms with Crippen molar-refractivity contribution in [2.24, 2.45) is 0 Å². The highest BCUT2D eigenvalue weighted by atomic mass is 16.7. The molecule has 0 aromatic rings. The Bertz CT molecular complexity index is 222. The first-order chi connectivity index (χ1) is 6.66. The minimum absolute atomic E-state index is 0.193. The van der Waals surface area contributed by atoms with Gasteiger partial charge in [0.15, 0.2) is 5.79 Å². The molecule has 0 spiro atoms. The summed E-state index contributed by atoms with van der Waals surface area (Å²) in [5.41, 5.74) is 1.57. The molecule has 14 heavy (non-hydrogen) atoms. The first kappa shape index (κ1) is 10.2. The fourth-order valence-corrected chi connectivity index (χ4v) is 2.23. The third-order valence-electron chi connectivity index (χ3n) is 2.95. The molecule has 80 valence electrons. The molecule has 0 radical (unpaired) electrons. The van der Waals surface area contributed by atoms with E-state index < -0.39 is 0 Å². The summed E-state index contributed by atoms with van der Waals surface area (Å²) in [7, 11) is 0. The van der Waals surface area contributed by atoms with Crippen molar-refractivity contribution in [3.8, 4) is 0 Å². The standard InChI is InChI=1S/C12H20O2/c1-12(2)13-9-11(14-12)8-10-6-4-3-5-7-10/h8,11H,3-7,9H2,1-2H3/t11-/m0/s1. The van der Waals surface area contributed by atoms with Crippen molar-refractivity contribution in [3.05, 3.63) is 11.6 Å². The molecular weight excluding hydrogens is 176 g/mol. The summed E-state index contributed by atoms with van der Waals surface area (Å²) in [5, 5.41) is 0. The van der Waals surface area contributed by atoms with Crippen molar-refractivity contribution >= 4 is 0 Å². The van der Waals surface area contributed by atoms with E-state index in [1.54, 1.807) is 5.57 Å². The van der Waals surface area contributed by atoms with Crippen LogP contribution in [0.3, 0.4) is 0 Å². The maximum absolute atomic E-state index is 5.75. The summed E-state index contributed by atoms with van der Waals surface area (Å²) in [4.78, 5) is 0. The molecule has 0 N–H and O–H groups in total. The van der Waals surface area contributed by atoms with E-state index in [1.165, 1.54) is 32.1 Å². The largest absolute Gasteiger partial charge is 0.347 e. The normalized spacial score (nSPS) is 31.9. The molecule has 0 aromatic carbocycles. The lowest BCUT2D eigenvalue weighted by Crippen LogP contribution is -2.21. The molecule has 2 nitrogen and oxygen atoms in total. The maximum atomic E-state index is 5.75. The average molecular weight is 196 g/mol. The van der Waals surface area contributed by atoms with Gasteiger partial charge in [-0.15, -0.1) is 0 Å². The summed E-state index contributed by atoms with van der Waals surface area (Å²) in [6.45, 7) is 4.68. The summed E-state index contributed by atoms with van der Waals surface area (Å²) in [6.07, 6.45) is 9.10. The van der Waals surface area contributed by atoms with E-state index in [0.717, 1.165) is 6.61 Å². The van der Waals surface area contributed by atoms with E-state index in [4.69, 9.17) is 9.47 Å². The van der Waals surface area contributed by atoms with Gasteiger partial charge in [0, 0.05) is 0 Å². The SMILES string of the molecule is CC1(C)OC[C@H](C=C2CCCCC2)O1. The van der Waals surface area contributed by atoms with Crippen molar-refractivity contribution in [2.75, 3.05) is 6.61 Å². The number of rotatable bonds is 1. The highest BCUT2D eigenvalue weighted by molar-refractivity contribution is 5.08. The van der Waals surface area contributed by atoms with Gasteiger partial charge < -0.3 is 9.47 Å². The van der Waals surface area contributed by atoms with Gasteiger partial charge in [-0.3, -0.25) is 0 Å². The van der Waals surface area contributed by atoms with Crippen LogP contribution in [-0.2, 0) is 9.47 Å². The minimum Gasteiger partial charge on any atom is -0.347 e. The van der Waals surface area contributed by atoms with Crippen LogP contribution < -0.4 is 0 Å². The van der Waals surface area contributed by atoms with E-state index in [1.807, 2.05) is 13.8 Å². The monoisotopic (exact) mass is 196 g/mol. The quantitative estimate of drug-likeness (QED) is 0.600. The molecule has 1 aliphatic heterocycles. The van der Waals surface area contributed by atoms with Crippen LogP contribution in [-0.4, -0.2) is 18.5 Å². The molecule has 2 aliphatic rings. The van der Waals surface area contributed by atoms with Gasteiger partial charge in [-0.05, 0) is 39.5 Å². The first-order valence-electron chi connectivity index (χ1n) is 5.67. The first-order valence-corrected chi connectivity index (χ1v) is 5.67. The van der Waals surface area contributed by atoms with E-state index in [0.29, 0.717) is 0 Å². The van der Waals surface area contributed by atoms with Crippen molar-refractivity contribution < 1.29 is 9.47 Å². The summed E-state index contributed by atoms with van der Waals surface area (Å²) < 4.78 is 11.3. The maximum Gasteiger partial charge on any atom is 0.163 e. The van der Waals surface area contributed by atoms with Crippen LogP contribution in [0.15, 0.2) is 11.6 Å². The molecule has 0 bridgehead atoms. The fraction of sp³-hybridized carbons (Fsp3) is 0.833. The second kappa shape index (κ2) is 4.03. The van der Waals surface area contributed by atoms with E-state index in [2.05, 4.69) is 6.08 Å². The molecule has 0 amide bonds. The van der Waals surface area contributed by atoms with Crippen LogP contribution in [0, 0.1) is 0 Å². The Balaban J connectivity index is 1.90. The Morgan fingerprint density at radius 1 is 1.21 bits per heavy atom. The average Bonchev–Trinajstić information content (AvgIpc) is 2.47. The van der Waals surface area contributed by atoms with Gasteiger partial charge in [-0.25, -0.2) is 0 Å². The van der Waals surface area contributed by atoms with Crippen molar-refractivity contribution in [1.82, 2.24) is 0 Å². The van der Waals surface area contributed by atoms with Gasteiger partial charge in [-0.2, -0.15) is 0 Å². The van der Waals surface area contributed by atoms with Crippen molar-refractivity contribution in [1.29, 1.82) is 0 Å². The Kier molecular flexibility index (Phi) is 2.93. The molecule has 1 aliphatic carbocycles. The second-order valence-electron chi connectivity index (χ2n) is 4.75. The van der Waals surface area contributed by atoms with Gasteiger partial charge in [0.2, 0.25) is 0 Å². The fourth-order valence-electron chi connectivity index (χ4n) is 2.23. The molecule has 1 saturated carbocycles. The number of allylic oxidation sites excluding steroid dienone is 1. The van der Waals surface area contributed by atoms with Gasteiger partial charge in [0.1, 0.15) is 6.10 Å². The Morgan fingerprint density at radius 2 is 1.93 bits per heavy atom. The Labute approximate surface area is 86.3 Å². The van der Waals surface area contributed by atoms with Crippen LogP contribution in [0.5, 0.6) is 0 Å². The van der Waals surface area contributed by atoms with Crippen molar-refractivity contribution in [3.63, 3.8) is 0 Å².